The minimum absolute atomic E-state index is 0.118. The predicted octanol–water partition coefficient (Wildman–Crippen LogP) is 1.78. The first-order valence-electron chi connectivity index (χ1n) is 6.17. The van der Waals surface area contributed by atoms with Gasteiger partial charge in [0, 0.05) is 6.54 Å². The first-order chi connectivity index (χ1) is 9.60. The van der Waals surface area contributed by atoms with Crippen LogP contribution in [0.4, 0.5) is 0 Å². The molecule has 1 heterocycles. The van der Waals surface area contributed by atoms with Gasteiger partial charge >= 0.3 is 0 Å². The van der Waals surface area contributed by atoms with Gasteiger partial charge in [0.2, 0.25) is 0 Å². The molecular weight excluding hydrogens is 276 g/mol. The number of benzene rings is 1. The highest BCUT2D eigenvalue weighted by Gasteiger charge is 2.28. The molecule has 1 aliphatic rings. The summed E-state index contributed by atoms with van der Waals surface area (Å²) in [7, 11) is 3.15. The van der Waals surface area contributed by atoms with Crippen molar-refractivity contribution in [3.05, 3.63) is 29.5 Å². The highest BCUT2D eigenvalue weighted by Crippen LogP contribution is 2.28. The summed E-state index contributed by atoms with van der Waals surface area (Å²) in [4.78, 5) is 13.6. The van der Waals surface area contributed by atoms with Gasteiger partial charge in [-0.15, -0.1) is 0 Å². The van der Waals surface area contributed by atoms with E-state index in [1.54, 1.807) is 32.4 Å². The van der Waals surface area contributed by atoms with Gasteiger partial charge in [0.1, 0.15) is 5.70 Å². The highest BCUT2D eigenvalue weighted by atomic mass is 32.1. The van der Waals surface area contributed by atoms with Crippen LogP contribution in [0.1, 0.15) is 12.5 Å². The van der Waals surface area contributed by atoms with Gasteiger partial charge in [-0.25, -0.2) is 0 Å². The number of hydrogen-bond donors (Lipinski definition) is 1. The molecule has 0 aliphatic carbocycles. The summed E-state index contributed by atoms with van der Waals surface area (Å²) in [6.07, 6.45) is 1.74. The van der Waals surface area contributed by atoms with E-state index >= 15 is 0 Å². The second-order valence-corrected chi connectivity index (χ2v) is 4.54. The predicted molar refractivity (Wildman–Crippen MR) is 80.6 cm³/mol. The minimum atomic E-state index is -0.118. The van der Waals surface area contributed by atoms with E-state index in [1.807, 2.05) is 13.0 Å². The van der Waals surface area contributed by atoms with E-state index < -0.39 is 0 Å². The molecule has 0 radical (unpaired) electrons. The first-order valence-corrected chi connectivity index (χ1v) is 6.58. The number of nitrogens with one attached hydrogen (secondary N) is 1. The molecule has 0 unspecified atom stereocenters. The molecular formula is C14H16N2O3S. The monoisotopic (exact) mass is 292 g/mol. The lowest BCUT2D eigenvalue weighted by Gasteiger charge is -2.09. The fraction of sp³-hybridized carbons (Fsp3) is 0.286. The average molecular weight is 292 g/mol. The van der Waals surface area contributed by atoms with E-state index in [0.29, 0.717) is 28.9 Å². The number of methoxy groups -OCH3 is 2. The summed E-state index contributed by atoms with van der Waals surface area (Å²) in [5.74, 6) is 1.14. The molecule has 0 saturated carbocycles. The molecule has 1 saturated heterocycles. The van der Waals surface area contributed by atoms with E-state index in [1.165, 1.54) is 4.90 Å². The number of carbonyl (C=O) groups is 1. The standard InChI is InChI=1S/C14H16N2O3S/c1-4-16-13(17)10(15-14(16)20)7-9-5-6-11(18-2)12(8-9)19-3/h5-8H,4H2,1-3H3,(H,15,20). The van der Waals surface area contributed by atoms with Crippen LogP contribution in [-0.4, -0.2) is 36.7 Å². The maximum Gasteiger partial charge on any atom is 0.276 e. The van der Waals surface area contributed by atoms with Gasteiger partial charge in [-0.2, -0.15) is 0 Å². The van der Waals surface area contributed by atoms with Crippen molar-refractivity contribution in [3.63, 3.8) is 0 Å². The number of likely N-dealkylation sites (N-methyl/N-ethyl adjacent to an activating group) is 1. The first kappa shape index (κ1) is 14.3. The van der Waals surface area contributed by atoms with Crippen molar-refractivity contribution in [2.24, 2.45) is 0 Å². The number of thiocarbonyl (C=S) groups is 1. The van der Waals surface area contributed by atoms with E-state index in [0.717, 1.165) is 5.56 Å². The zero-order valence-corrected chi connectivity index (χ0v) is 12.4. The maximum absolute atomic E-state index is 12.1. The normalized spacial score (nSPS) is 16.6. The second kappa shape index (κ2) is 5.92. The maximum atomic E-state index is 12.1. The molecule has 20 heavy (non-hydrogen) atoms. The minimum Gasteiger partial charge on any atom is -0.493 e. The topological polar surface area (TPSA) is 50.8 Å². The third kappa shape index (κ3) is 2.60. The Balaban J connectivity index is 2.32. The number of rotatable bonds is 4. The highest BCUT2D eigenvalue weighted by molar-refractivity contribution is 7.80. The van der Waals surface area contributed by atoms with E-state index in [2.05, 4.69) is 5.32 Å². The summed E-state index contributed by atoms with van der Waals surface area (Å²) in [5, 5.41) is 3.35. The quantitative estimate of drug-likeness (QED) is 0.677. The lowest BCUT2D eigenvalue weighted by Crippen LogP contribution is -2.30. The van der Waals surface area contributed by atoms with Crippen LogP contribution in [0, 0.1) is 0 Å². The van der Waals surface area contributed by atoms with Crippen molar-refractivity contribution in [2.75, 3.05) is 20.8 Å². The van der Waals surface area contributed by atoms with Gasteiger partial charge in [0.25, 0.3) is 5.91 Å². The molecule has 1 amide bonds. The van der Waals surface area contributed by atoms with Crippen molar-refractivity contribution < 1.29 is 14.3 Å². The number of carbonyl (C=O) groups excluding carboxylic acids is 1. The summed E-state index contributed by atoms with van der Waals surface area (Å²) < 4.78 is 10.4. The SMILES string of the molecule is CCN1C(=O)C(=Cc2ccc(OC)c(OC)c2)NC1=S. The number of ether oxygens (including phenoxy) is 2. The van der Waals surface area contributed by atoms with Crippen LogP contribution in [0.2, 0.25) is 0 Å². The summed E-state index contributed by atoms with van der Waals surface area (Å²) >= 11 is 5.11. The molecule has 0 bridgehead atoms. The van der Waals surface area contributed by atoms with E-state index in [9.17, 15) is 4.79 Å². The van der Waals surface area contributed by atoms with Gasteiger partial charge < -0.3 is 14.8 Å². The van der Waals surface area contributed by atoms with E-state index in [-0.39, 0.29) is 5.91 Å². The molecule has 1 aromatic rings. The van der Waals surface area contributed by atoms with Crippen molar-refractivity contribution in [2.45, 2.75) is 6.92 Å². The summed E-state index contributed by atoms with van der Waals surface area (Å²) in [5.41, 5.74) is 1.29. The summed E-state index contributed by atoms with van der Waals surface area (Å²) in [6, 6.07) is 5.44. The molecule has 6 heteroatoms. The van der Waals surface area contributed by atoms with Crippen LogP contribution in [0.15, 0.2) is 23.9 Å². The zero-order valence-electron chi connectivity index (χ0n) is 11.6. The molecule has 106 valence electrons. The van der Waals surface area contributed by atoms with Crippen LogP contribution in [0.5, 0.6) is 11.5 Å². The molecule has 2 rings (SSSR count). The molecule has 5 nitrogen and oxygen atoms in total. The van der Waals surface area contributed by atoms with E-state index in [4.69, 9.17) is 21.7 Å². The third-order valence-electron chi connectivity index (χ3n) is 3.00. The Morgan fingerprint density at radius 2 is 2.00 bits per heavy atom. The van der Waals surface area contributed by atoms with Crippen molar-refractivity contribution in [1.82, 2.24) is 10.2 Å². The Morgan fingerprint density at radius 1 is 1.30 bits per heavy atom. The average Bonchev–Trinajstić information content (AvgIpc) is 2.72. The molecule has 0 atom stereocenters. The van der Waals surface area contributed by atoms with Crippen LogP contribution >= 0.6 is 12.2 Å². The zero-order chi connectivity index (χ0) is 14.7. The van der Waals surface area contributed by atoms with Gasteiger partial charge in [0.05, 0.1) is 14.2 Å². The van der Waals surface area contributed by atoms with Gasteiger partial charge in [-0.3, -0.25) is 9.69 Å². The van der Waals surface area contributed by atoms with Gasteiger partial charge in [0.15, 0.2) is 16.6 Å². The van der Waals surface area contributed by atoms with Crippen LogP contribution < -0.4 is 14.8 Å². The fourth-order valence-electron chi connectivity index (χ4n) is 1.97. The second-order valence-electron chi connectivity index (χ2n) is 4.15. The Morgan fingerprint density at radius 3 is 2.55 bits per heavy atom. The van der Waals surface area contributed by atoms with Gasteiger partial charge in [-0.05, 0) is 42.9 Å². The van der Waals surface area contributed by atoms with Crippen LogP contribution in [0.3, 0.4) is 0 Å². The molecule has 1 aliphatic heterocycles. The molecule has 0 spiro atoms. The largest absolute Gasteiger partial charge is 0.493 e. The molecule has 0 aromatic heterocycles. The Bertz CT molecular complexity index is 584. The lowest BCUT2D eigenvalue weighted by atomic mass is 10.1. The van der Waals surface area contributed by atoms with Crippen molar-refractivity contribution in [3.8, 4) is 11.5 Å². The molecule has 1 fully saturated rings. The Labute approximate surface area is 123 Å². The van der Waals surface area contributed by atoms with Crippen molar-refractivity contribution >= 4 is 29.3 Å². The molecule has 1 N–H and O–H groups in total. The Kier molecular flexibility index (Phi) is 4.24. The smallest absolute Gasteiger partial charge is 0.276 e. The number of amides is 1. The lowest BCUT2D eigenvalue weighted by molar-refractivity contribution is -0.122. The van der Waals surface area contributed by atoms with Crippen LogP contribution in [0.25, 0.3) is 6.08 Å². The van der Waals surface area contributed by atoms with Gasteiger partial charge in [-0.1, -0.05) is 6.07 Å². The fourth-order valence-corrected chi connectivity index (χ4v) is 2.29. The molecule has 1 aromatic carbocycles. The number of nitrogens with zero attached hydrogens (tertiary/aromatic N) is 1. The summed E-state index contributed by atoms with van der Waals surface area (Å²) in [6.45, 7) is 2.43. The third-order valence-corrected chi connectivity index (χ3v) is 3.32. The Hall–Kier alpha value is -2.08. The number of hydrogen-bond acceptors (Lipinski definition) is 4. The van der Waals surface area contributed by atoms with Crippen LogP contribution in [-0.2, 0) is 4.79 Å². The van der Waals surface area contributed by atoms with Crippen molar-refractivity contribution in [1.29, 1.82) is 0 Å².